The Morgan fingerprint density at radius 3 is 2.33 bits per heavy atom. The number of benzene rings is 1. The summed E-state index contributed by atoms with van der Waals surface area (Å²) in [6.45, 7) is -0.119. The minimum atomic E-state index is -1.09. The fourth-order valence-corrected chi connectivity index (χ4v) is 7.48. The maximum atomic E-state index is 12.7. The smallest absolute Gasteiger partial charge is 0.253 e. The monoisotopic (exact) mass is 713 g/mol. The van der Waals surface area contributed by atoms with Crippen molar-refractivity contribution in [1.29, 1.82) is 0 Å². The Bertz CT molecular complexity index is 787. The summed E-state index contributed by atoms with van der Waals surface area (Å²) in [5.41, 5.74) is 6.49. The van der Waals surface area contributed by atoms with Crippen molar-refractivity contribution in [2.75, 3.05) is 24.6 Å². The second-order valence-corrected chi connectivity index (χ2v) is 9.19. The van der Waals surface area contributed by atoms with Gasteiger partial charge in [0.1, 0.15) is 0 Å². The van der Waals surface area contributed by atoms with Crippen LogP contribution in [0.1, 0.15) is 40.0 Å². The van der Waals surface area contributed by atoms with Crippen LogP contribution in [0, 0.1) is 10.7 Å². The van der Waals surface area contributed by atoms with Gasteiger partial charge in [-0.15, -0.1) is 0 Å². The van der Waals surface area contributed by atoms with Crippen LogP contribution in [-0.4, -0.2) is 53.7 Å². The number of halogens is 3. The van der Waals surface area contributed by atoms with Gasteiger partial charge in [-0.1, -0.05) is 0 Å². The molecular formula is C16H18I3N3O5. The van der Waals surface area contributed by atoms with E-state index in [0.717, 1.165) is 12.8 Å². The van der Waals surface area contributed by atoms with Gasteiger partial charge in [0.2, 0.25) is 5.91 Å². The topological polar surface area (TPSA) is 133 Å². The van der Waals surface area contributed by atoms with Crippen molar-refractivity contribution in [3.8, 4) is 0 Å². The van der Waals surface area contributed by atoms with Gasteiger partial charge in [-0.3, -0.25) is 14.4 Å². The van der Waals surface area contributed by atoms with Crippen molar-refractivity contribution < 1.29 is 24.6 Å². The van der Waals surface area contributed by atoms with Gasteiger partial charge in [-0.2, -0.15) is 0 Å². The van der Waals surface area contributed by atoms with Crippen LogP contribution in [0.15, 0.2) is 0 Å². The number of hydrogen-bond donors (Lipinski definition) is 4. The van der Waals surface area contributed by atoms with Crippen LogP contribution in [0.3, 0.4) is 0 Å². The molecule has 27 heavy (non-hydrogen) atoms. The predicted molar refractivity (Wildman–Crippen MR) is 125 cm³/mol. The molecule has 1 aromatic rings. The average Bonchev–Trinajstić information content (AvgIpc) is 2.60. The zero-order valence-corrected chi connectivity index (χ0v) is 20.6. The van der Waals surface area contributed by atoms with E-state index in [9.17, 15) is 19.5 Å². The fraction of sp³-hybridized carbons (Fsp3) is 0.438. The highest BCUT2D eigenvalue weighted by atomic mass is 127. The number of nitrogens with one attached hydrogen (secondary N) is 1. The van der Waals surface area contributed by atoms with Crippen molar-refractivity contribution in [2.24, 2.45) is 5.73 Å². The standard InChI is InChI=1S/C16H18I3N3O5/c17-11-9(15(20)26)12(18)14(22-4-2-1-3-8(22)25)13(19)10(11)16(27)21-5-7(24)6-23/h7,23-24H,1-6H2,(H2,20,26)(H,21,27). The molecule has 0 aliphatic carbocycles. The highest BCUT2D eigenvalue weighted by Gasteiger charge is 2.32. The second kappa shape index (κ2) is 9.98. The van der Waals surface area contributed by atoms with Gasteiger partial charge >= 0.3 is 0 Å². The predicted octanol–water partition coefficient (Wildman–Crippen LogP) is 1.20. The van der Waals surface area contributed by atoms with E-state index in [0.29, 0.717) is 29.4 Å². The van der Waals surface area contributed by atoms with Crippen LogP contribution in [-0.2, 0) is 4.79 Å². The molecule has 0 spiro atoms. The van der Waals surface area contributed by atoms with Gasteiger partial charge in [-0.05, 0) is 80.6 Å². The number of amides is 3. The number of hydrogen-bond acceptors (Lipinski definition) is 5. The molecule has 0 radical (unpaired) electrons. The molecule has 1 fully saturated rings. The van der Waals surface area contributed by atoms with Crippen LogP contribution in [0.4, 0.5) is 5.69 Å². The molecule has 1 heterocycles. The molecule has 3 amide bonds. The Labute approximate surface area is 197 Å². The Kier molecular flexibility index (Phi) is 8.51. The summed E-state index contributed by atoms with van der Waals surface area (Å²) < 4.78 is 1.46. The number of aliphatic hydroxyl groups excluding tert-OH is 2. The van der Waals surface area contributed by atoms with E-state index in [2.05, 4.69) is 5.32 Å². The average molecular weight is 713 g/mol. The van der Waals surface area contributed by atoms with Crippen LogP contribution >= 0.6 is 67.8 Å². The van der Waals surface area contributed by atoms with Gasteiger partial charge < -0.3 is 26.2 Å². The Morgan fingerprint density at radius 2 is 1.78 bits per heavy atom. The van der Waals surface area contributed by atoms with Crippen molar-refractivity contribution in [1.82, 2.24) is 5.32 Å². The Hall–Kier alpha value is -0.260. The zero-order chi connectivity index (χ0) is 20.3. The molecule has 148 valence electrons. The number of aliphatic hydroxyl groups is 2. The summed E-state index contributed by atoms with van der Waals surface area (Å²) in [6, 6.07) is 0. The van der Waals surface area contributed by atoms with E-state index in [1.165, 1.54) is 0 Å². The molecule has 0 bridgehead atoms. The molecule has 8 nitrogen and oxygen atoms in total. The third kappa shape index (κ3) is 5.02. The number of primary amides is 1. The summed E-state index contributed by atoms with van der Waals surface area (Å²) in [7, 11) is 0. The fourth-order valence-electron chi connectivity index (χ4n) is 2.71. The molecule has 1 aliphatic rings. The number of nitrogens with two attached hydrogens (primary N) is 1. The summed E-state index contributed by atoms with van der Waals surface area (Å²) in [6.07, 6.45) is 0.961. The second-order valence-electron chi connectivity index (χ2n) is 5.95. The number of carbonyl (C=O) groups is 3. The molecule has 1 aliphatic heterocycles. The summed E-state index contributed by atoms with van der Waals surface area (Å²) in [5.74, 6) is -1.26. The Balaban J connectivity index is 2.60. The van der Waals surface area contributed by atoms with Gasteiger partial charge in [0.15, 0.2) is 0 Å². The van der Waals surface area contributed by atoms with Crippen molar-refractivity contribution in [2.45, 2.75) is 25.4 Å². The minimum absolute atomic E-state index is 0.0595. The van der Waals surface area contributed by atoms with Gasteiger partial charge in [0.05, 0.1) is 36.7 Å². The summed E-state index contributed by atoms with van der Waals surface area (Å²) in [4.78, 5) is 38.8. The van der Waals surface area contributed by atoms with E-state index in [-0.39, 0.29) is 23.6 Å². The maximum absolute atomic E-state index is 12.7. The first-order chi connectivity index (χ1) is 12.7. The number of piperidine rings is 1. The lowest BCUT2D eigenvalue weighted by molar-refractivity contribution is -0.119. The maximum Gasteiger partial charge on any atom is 0.253 e. The van der Waals surface area contributed by atoms with Crippen LogP contribution in [0.25, 0.3) is 0 Å². The molecule has 2 rings (SSSR count). The molecule has 11 heteroatoms. The first-order valence-electron chi connectivity index (χ1n) is 8.08. The lowest BCUT2D eigenvalue weighted by Crippen LogP contribution is -2.39. The normalized spacial score (nSPS) is 15.6. The van der Waals surface area contributed by atoms with E-state index in [4.69, 9.17) is 10.8 Å². The quantitative estimate of drug-likeness (QED) is 0.330. The highest BCUT2D eigenvalue weighted by molar-refractivity contribution is 14.1. The largest absolute Gasteiger partial charge is 0.394 e. The molecule has 1 saturated heterocycles. The van der Waals surface area contributed by atoms with Gasteiger partial charge in [-0.25, -0.2) is 0 Å². The molecule has 0 saturated carbocycles. The highest BCUT2D eigenvalue weighted by Crippen LogP contribution is 2.39. The number of rotatable bonds is 6. The molecular weight excluding hydrogens is 695 g/mol. The van der Waals surface area contributed by atoms with E-state index in [1.54, 1.807) is 4.90 Å². The molecule has 0 aromatic heterocycles. The number of carbonyl (C=O) groups excluding carboxylic acids is 3. The number of nitrogens with zero attached hydrogens (tertiary/aromatic N) is 1. The van der Waals surface area contributed by atoms with E-state index >= 15 is 0 Å². The van der Waals surface area contributed by atoms with E-state index < -0.39 is 24.5 Å². The molecule has 1 atom stereocenters. The van der Waals surface area contributed by atoms with Crippen molar-refractivity contribution >= 4 is 91.2 Å². The molecule has 5 N–H and O–H groups in total. The molecule has 1 aromatic carbocycles. The van der Waals surface area contributed by atoms with Gasteiger partial charge in [0, 0.05) is 23.1 Å². The van der Waals surface area contributed by atoms with Crippen molar-refractivity contribution in [3.63, 3.8) is 0 Å². The SMILES string of the molecule is NC(=O)c1c(I)c(C(=O)NCC(O)CO)c(I)c(N2CCCCC2=O)c1I. The number of anilines is 1. The third-order valence-corrected chi connectivity index (χ3v) is 7.25. The first-order valence-corrected chi connectivity index (χ1v) is 11.3. The lowest BCUT2D eigenvalue weighted by atomic mass is 10.0. The summed E-state index contributed by atoms with van der Waals surface area (Å²) in [5, 5.41) is 20.9. The van der Waals surface area contributed by atoms with Crippen LogP contribution < -0.4 is 16.0 Å². The summed E-state index contributed by atoms with van der Waals surface area (Å²) >= 11 is 5.88. The van der Waals surface area contributed by atoms with Crippen LogP contribution in [0.2, 0.25) is 0 Å². The molecule has 1 unspecified atom stereocenters. The lowest BCUT2D eigenvalue weighted by Gasteiger charge is -2.30. The van der Waals surface area contributed by atoms with E-state index in [1.807, 2.05) is 67.8 Å². The Morgan fingerprint density at radius 1 is 1.15 bits per heavy atom. The third-order valence-electron chi connectivity index (χ3n) is 4.07. The zero-order valence-electron chi connectivity index (χ0n) is 14.1. The minimum Gasteiger partial charge on any atom is -0.394 e. The van der Waals surface area contributed by atoms with Crippen LogP contribution in [0.5, 0.6) is 0 Å². The van der Waals surface area contributed by atoms with Crippen molar-refractivity contribution in [3.05, 3.63) is 21.8 Å². The first kappa shape index (κ1) is 23.0. The van der Waals surface area contributed by atoms with Gasteiger partial charge in [0.25, 0.3) is 11.8 Å².